The van der Waals surface area contributed by atoms with Crippen molar-refractivity contribution < 1.29 is 0 Å². The van der Waals surface area contributed by atoms with E-state index in [0.717, 1.165) is 30.4 Å². The highest BCUT2D eigenvalue weighted by atomic mass is 35.5. The van der Waals surface area contributed by atoms with Crippen molar-refractivity contribution in [2.45, 2.75) is 12.1 Å². The largest absolute Gasteiger partial charge is 0.310 e. The normalized spacial score (nSPS) is 32.7. The van der Waals surface area contributed by atoms with E-state index >= 15 is 0 Å². The van der Waals surface area contributed by atoms with Gasteiger partial charge < -0.3 is 5.32 Å². The van der Waals surface area contributed by atoms with Crippen LogP contribution >= 0.6 is 11.6 Å². The average Bonchev–Trinajstić information content (AvgIpc) is 2.73. The molecule has 3 aliphatic rings. The maximum absolute atomic E-state index is 6.28. The number of hydrogen-bond acceptors (Lipinski definition) is 4. The minimum atomic E-state index is 0.244. The Morgan fingerprint density at radius 2 is 2.11 bits per heavy atom. The van der Waals surface area contributed by atoms with E-state index in [0.29, 0.717) is 6.04 Å². The van der Waals surface area contributed by atoms with Gasteiger partial charge in [-0.3, -0.25) is 14.5 Å². The van der Waals surface area contributed by atoms with Crippen LogP contribution in [-0.2, 0) is 7.05 Å². The molecule has 3 fully saturated rings. The molecule has 2 unspecified atom stereocenters. The molecule has 5 nitrogen and oxygen atoms in total. The molecule has 0 spiro atoms. The molecule has 4 rings (SSSR count). The Morgan fingerprint density at radius 1 is 1.39 bits per heavy atom. The van der Waals surface area contributed by atoms with Crippen LogP contribution in [0.1, 0.15) is 11.7 Å². The molecular formula is C12H20ClN5. The number of likely N-dealkylation sites (N-methyl/N-ethyl adjacent to an activating group) is 1. The summed E-state index contributed by atoms with van der Waals surface area (Å²) < 4.78 is 1.89. The molecule has 2 bridgehead atoms. The van der Waals surface area contributed by atoms with Crippen molar-refractivity contribution in [3.63, 3.8) is 0 Å². The topological polar surface area (TPSA) is 36.3 Å². The van der Waals surface area contributed by atoms with Gasteiger partial charge in [-0.1, -0.05) is 11.6 Å². The third-order valence-electron chi connectivity index (χ3n) is 4.25. The van der Waals surface area contributed by atoms with Gasteiger partial charge in [-0.2, -0.15) is 5.10 Å². The Morgan fingerprint density at radius 3 is 2.56 bits per heavy atom. The molecule has 18 heavy (non-hydrogen) atoms. The van der Waals surface area contributed by atoms with Gasteiger partial charge in [0.15, 0.2) is 0 Å². The molecule has 3 aliphatic heterocycles. The second-order valence-electron chi connectivity index (χ2n) is 5.17. The van der Waals surface area contributed by atoms with Gasteiger partial charge in [0.1, 0.15) is 0 Å². The van der Waals surface area contributed by atoms with Crippen LogP contribution in [0.15, 0.2) is 6.20 Å². The van der Waals surface area contributed by atoms with Crippen LogP contribution < -0.4 is 5.32 Å². The Balaban J connectivity index is 1.89. The minimum absolute atomic E-state index is 0.244. The zero-order valence-corrected chi connectivity index (χ0v) is 11.7. The van der Waals surface area contributed by atoms with Gasteiger partial charge in [-0.15, -0.1) is 0 Å². The number of halogens is 1. The maximum atomic E-state index is 6.28. The minimum Gasteiger partial charge on any atom is -0.310 e. The zero-order chi connectivity index (χ0) is 12.7. The molecule has 0 amide bonds. The molecule has 1 aromatic rings. The Labute approximate surface area is 113 Å². The van der Waals surface area contributed by atoms with Gasteiger partial charge in [-0.05, 0) is 7.05 Å². The van der Waals surface area contributed by atoms with Crippen molar-refractivity contribution in [1.82, 2.24) is 24.9 Å². The molecule has 4 heterocycles. The molecule has 6 heteroatoms. The summed E-state index contributed by atoms with van der Waals surface area (Å²) in [4.78, 5) is 5.11. The lowest BCUT2D eigenvalue weighted by molar-refractivity contribution is -0.00367. The van der Waals surface area contributed by atoms with Gasteiger partial charge in [0.05, 0.1) is 23.0 Å². The van der Waals surface area contributed by atoms with E-state index < -0.39 is 0 Å². The fourth-order valence-corrected chi connectivity index (χ4v) is 3.54. The lowest BCUT2D eigenvalue weighted by Gasteiger charge is -2.50. The maximum Gasteiger partial charge on any atom is 0.0834 e. The van der Waals surface area contributed by atoms with Crippen molar-refractivity contribution >= 4 is 11.6 Å². The highest BCUT2D eigenvalue weighted by molar-refractivity contribution is 6.31. The number of aromatic nitrogens is 2. The van der Waals surface area contributed by atoms with Crippen LogP contribution in [0.2, 0.25) is 5.02 Å². The molecular weight excluding hydrogens is 250 g/mol. The van der Waals surface area contributed by atoms with E-state index in [1.165, 1.54) is 13.1 Å². The smallest absolute Gasteiger partial charge is 0.0834 e. The third-order valence-corrected chi connectivity index (χ3v) is 4.54. The Bertz CT molecular complexity index is 405. The standard InChI is InChI=1S/C12H20ClN5/c1-14-11(12-9(13)7-15-16(12)2)10-8-17-3-5-18(10)6-4-17/h7,10-11,14H,3-6,8H2,1-2H3. The van der Waals surface area contributed by atoms with E-state index in [4.69, 9.17) is 11.6 Å². The summed E-state index contributed by atoms with van der Waals surface area (Å²) in [5.74, 6) is 0. The lowest BCUT2D eigenvalue weighted by Crippen LogP contribution is -2.63. The van der Waals surface area contributed by atoms with E-state index in [-0.39, 0.29) is 6.04 Å². The number of piperazine rings is 3. The second-order valence-corrected chi connectivity index (χ2v) is 5.58. The van der Waals surface area contributed by atoms with Crippen molar-refractivity contribution in [3.05, 3.63) is 16.9 Å². The molecule has 1 N–H and O–H groups in total. The van der Waals surface area contributed by atoms with Gasteiger partial charge in [0.25, 0.3) is 0 Å². The predicted octanol–water partition coefficient (Wildman–Crippen LogP) is 0.334. The number of nitrogens with one attached hydrogen (secondary N) is 1. The lowest BCUT2D eigenvalue weighted by atomic mass is 9.97. The highest BCUT2D eigenvalue weighted by Crippen LogP contribution is 2.30. The summed E-state index contributed by atoms with van der Waals surface area (Å²) in [7, 11) is 3.97. The quantitative estimate of drug-likeness (QED) is 0.858. The van der Waals surface area contributed by atoms with Gasteiger partial charge in [0.2, 0.25) is 0 Å². The van der Waals surface area contributed by atoms with Crippen LogP contribution in [0.5, 0.6) is 0 Å². The first-order valence-electron chi connectivity index (χ1n) is 6.51. The van der Waals surface area contributed by atoms with Gasteiger partial charge >= 0.3 is 0 Å². The first-order chi connectivity index (χ1) is 8.70. The van der Waals surface area contributed by atoms with Crippen molar-refractivity contribution in [3.8, 4) is 0 Å². The fourth-order valence-electron chi connectivity index (χ4n) is 3.26. The number of rotatable bonds is 3. The number of hydrogen-bond donors (Lipinski definition) is 1. The van der Waals surface area contributed by atoms with Gasteiger partial charge in [0, 0.05) is 45.8 Å². The van der Waals surface area contributed by atoms with Crippen molar-refractivity contribution in [2.75, 3.05) is 39.8 Å². The molecule has 0 aromatic carbocycles. The van der Waals surface area contributed by atoms with Crippen LogP contribution in [0.25, 0.3) is 0 Å². The number of fused-ring (bicyclic) bond motifs is 3. The summed E-state index contributed by atoms with van der Waals surface area (Å²) in [5, 5.41) is 8.44. The first-order valence-corrected chi connectivity index (χ1v) is 6.89. The Kier molecular flexibility index (Phi) is 3.32. The molecule has 0 aliphatic carbocycles. The van der Waals surface area contributed by atoms with E-state index in [2.05, 4.69) is 20.2 Å². The van der Waals surface area contributed by atoms with Crippen molar-refractivity contribution in [2.24, 2.45) is 7.05 Å². The zero-order valence-electron chi connectivity index (χ0n) is 10.9. The molecule has 2 atom stereocenters. The second kappa shape index (κ2) is 4.81. The van der Waals surface area contributed by atoms with Crippen molar-refractivity contribution in [1.29, 1.82) is 0 Å². The van der Waals surface area contributed by atoms with E-state index in [9.17, 15) is 0 Å². The average molecular weight is 270 g/mol. The van der Waals surface area contributed by atoms with E-state index in [1.54, 1.807) is 6.20 Å². The van der Waals surface area contributed by atoms with Gasteiger partial charge in [-0.25, -0.2) is 0 Å². The predicted molar refractivity (Wildman–Crippen MR) is 71.8 cm³/mol. The number of nitrogens with zero attached hydrogens (tertiary/aromatic N) is 4. The summed E-state index contributed by atoms with van der Waals surface area (Å²) in [6.45, 7) is 5.85. The first kappa shape index (κ1) is 12.4. The van der Waals surface area contributed by atoms with Crippen LogP contribution in [-0.4, -0.2) is 65.4 Å². The monoisotopic (exact) mass is 269 g/mol. The summed E-state index contributed by atoms with van der Waals surface area (Å²) in [6.07, 6.45) is 1.73. The molecule has 0 saturated carbocycles. The summed E-state index contributed by atoms with van der Waals surface area (Å²) in [6, 6.07) is 0.735. The van der Waals surface area contributed by atoms with Crippen LogP contribution in [0, 0.1) is 0 Å². The molecule has 3 saturated heterocycles. The third kappa shape index (κ3) is 1.95. The highest BCUT2D eigenvalue weighted by Gasteiger charge is 2.38. The van der Waals surface area contributed by atoms with Crippen LogP contribution in [0.3, 0.4) is 0 Å². The summed E-state index contributed by atoms with van der Waals surface area (Å²) in [5.41, 5.74) is 1.10. The molecule has 100 valence electrons. The number of aryl methyl sites for hydroxylation is 1. The fraction of sp³-hybridized carbons (Fsp3) is 0.750. The molecule has 1 aromatic heterocycles. The van der Waals surface area contributed by atoms with Crippen LogP contribution in [0.4, 0.5) is 0 Å². The summed E-state index contributed by atoms with van der Waals surface area (Å²) >= 11 is 6.28. The van der Waals surface area contributed by atoms with E-state index in [1.807, 2.05) is 18.8 Å². The molecule has 0 radical (unpaired) electrons. The Hall–Kier alpha value is -0.620. The SMILES string of the molecule is CNC(c1c(Cl)cnn1C)C1CN2CCN1CC2.